The molecule has 0 aromatic heterocycles. The Bertz CT molecular complexity index is 926. The Kier molecular flexibility index (Phi) is 4.53. The zero-order valence-corrected chi connectivity index (χ0v) is 14.8. The molecule has 0 N–H and O–H groups in total. The van der Waals surface area contributed by atoms with Crippen molar-refractivity contribution in [1.82, 2.24) is 4.31 Å². The highest BCUT2D eigenvalue weighted by Crippen LogP contribution is 2.32. The molecule has 0 aliphatic carbocycles. The lowest BCUT2D eigenvalue weighted by molar-refractivity contribution is -0.387. The van der Waals surface area contributed by atoms with Gasteiger partial charge >= 0.3 is 0 Å². The van der Waals surface area contributed by atoms with E-state index in [1.54, 1.807) is 0 Å². The Labute approximate surface area is 147 Å². The second kappa shape index (κ2) is 6.46. The van der Waals surface area contributed by atoms with E-state index in [0.717, 1.165) is 11.1 Å². The van der Waals surface area contributed by atoms with Gasteiger partial charge in [-0.05, 0) is 23.3 Å². The fraction of sp³-hybridized carbons (Fsp3) is 0.125. The summed E-state index contributed by atoms with van der Waals surface area (Å²) in [6.07, 6.45) is 1.83. The second-order valence-corrected chi connectivity index (χ2v) is 8.08. The Balaban J connectivity index is 1.94. The molecule has 1 aliphatic rings. The second-order valence-electron chi connectivity index (χ2n) is 5.26. The molecule has 0 saturated heterocycles. The number of rotatable bonds is 4. The van der Waals surface area contributed by atoms with Crippen LogP contribution >= 0.6 is 15.9 Å². The number of halogens is 1. The summed E-state index contributed by atoms with van der Waals surface area (Å²) >= 11 is 3.18. The summed E-state index contributed by atoms with van der Waals surface area (Å²) in [7, 11) is -3.97. The number of hydrogen-bond acceptors (Lipinski definition) is 4. The van der Waals surface area contributed by atoms with Gasteiger partial charge in [-0.25, -0.2) is 8.42 Å². The Morgan fingerprint density at radius 2 is 1.83 bits per heavy atom. The number of sulfonamides is 1. The summed E-state index contributed by atoms with van der Waals surface area (Å²) < 4.78 is 27.4. The number of nitro groups is 1. The minimum absolute atomic E-state index is 0.190. The molecular formula is C16H13BrN2O4S. The van der Waals surface area contributed by atoms with Gasteiger partial charge in [-0.15, -0.1) is 0 Å². The average Bonchev–Trinajstić information content (AvgIpc) is 3.06. The number of nitrogens with zero attached hydrogens (tertiary/aromatic N) is 2. The van der Waals surface area contributed by atoms with Gasteiger partial charge < -0.3 is 0 Å². The monoisotopic (exact) mass is 408 g/mol. The first kappa shape index (κ1) is 16.8. The maximum absolute atomic E-state index is 12.9. The molecule has 6 nitrogen and oxygen atoms in total. The minimum atomic E-state index is -3.97. The number of benzene rings is 2. The van der Waals surface area contributed by atoms with Crippen LogP contribution in [0.15, 0.2) is 64.0 Å². The Morgan fingerprint density at radius 3 is 2.50 bits per heavy atom. The van der Waals surface area contributed by atoms with E-state index >= 15 is 0 Å². The van der Waals surface area contributed by atoms with Crippen LogP contribution in [-0.4, -0.2) is 30.7 Å². The molecule has 0 unspecified atom stereocenters. The molecule has 3 rings (SSSR count). The van der Waals surface area contributed by atoms with Crippen LogP contribution in [0.3, 0.4) is 0 Å². The first-order valence-corrected chi connectivity index (χ1v) is 9.31. The van der Waals surface area contributed by atoms with E-state index < -0.39 is 20.6 Å². The van der Waals surface area contributed by atoms with Gasteiger partial charge in [0, 0.05) is 23.6 Å². The van der Waals surface area contributed by atoms with E-state index in [0.29, 0.717) is 4.47 Å². The van der Waals surface area contributed by atoms with E-state index in [1.165, 1.54) is 22.5 Å². The first-order chi connectivity index (χ1) is 11.4. The van der Waals surface area contributed by atoms with Crippen molar-refractivity contribution in [1.29, 1.82) is 0 Å². The molecule has 0 amide bonds. The van der Waals surface area contributed by atoms with Crippen LogP contribution in [-0.2, 0) is 10.0 Å². The van der Waals surface area contributed by atoms with Crippen LogP contribution in [0.25, 0.3) is 5.57 Å². The lowest BCUT2D eigenvalue weighted by Crippen LogP contribution is -2.29. The van der Waals surface area contributed by atoms with Crippen molar-refractivity contribution >= 4 is 37.2 Å². The van der Waals surface area contributed by atoms with E-state index in [-0.39, 0.29) is 18.0 Å². The average molecular weight is 409 g/mol. The molecular weight excluding hydrogens is 396 g/mol. The van der Waals surface area contributed by atoms with Crippen LogP contribution in [0.2, 0.25) is 0 Å². The number of hydrogen-bond donors (Lipinski definition) is 0. The van der Waals surface area contributed by atoms with Gasteiger partial charge in [-0.2, -0.15) is 4.31 Å². The summed E-state index contributed by atoms with van der Waals surface area (Å²) in [6.45, 7) is 0.381. The number of nitro benzene ring substituents is 1. The van der Waals surface area contributed by atoms with Crippen molar-refractivity contribution in [2.75, 3.05) is 13.1 Å². The predicted molar refractivity (Wildman–Crippen MR) is 94.0 cm³/mol. The summed E-state index contributed by atoms with van der Waals surface area (Å²) in [4.78, 5) is 10.2. The van der Waals surface area contributed by atoms with Crippen LogP contribution in [0.4, 0.5) is 5.69 Å². The molecule has 1 aliphatic heterocycles. The Morgan fingerprint density at radius 1 is 1.12 bits per heavy atom. The van der Waals surface area contributed by atoms with E-state index in [9.17, 15) is 18.5 Å². The van der Waals surface area contributed by atoms with Gasteiger partial charge in [0.05, 0.1) is 4.92 Å². The highest BCUT2D eigenvalue weighted by atomic mass is 79.9. The highest BCUT2D eigenvalue weighted by Gasteiger charge is 2.34. The van der Waals surface area contributed by atoms with Gasteiger partial charge in [0.15, 0.2) is 4.90 Å². The van der Waals surface area contributed by atoms with Crippen molar-refractivity contribution in [3.8, 4) is 0 Å². The van der Waals surface area contributed by atoms with Gasteiger partial charge in [0.25, 0.3) is 15.7 Å². The predicted octanol–water partition coefficient (Wildman–Crippen LogP) is 3.45. The van der Waals surface area contributed by atoms with E-state index in [4.69, 9.17) is 0 Å². The van der Waals surface area contributed by atoms with Crippen LogP contribution in [0.5, 0.6) is 0 Å². The van der Waals surface area contributed by atoms with Gasteiger partial charge in [-0.3, -0.25) is 10.1 Å². The molecule has 8 heteroatoms. The molecule has 124 valence electrons. The summed E-state index contributed by atoms with van der Waals surface area (Å²) in [5.41, 5.74) is 1.40. The standard InChI is InChI=1S/C16H13BrN2O4S/c17-14-6-7-15(19(20)21)16(10-14)24(22,23)18-9-8-13(11-18)12-4-2-1-3-5-12/h1-8,10H,9,11H2. The highest BCUT2D eigenvalue weighted by molar-refractivity contribution is 9.10. The fourth-order valence-corrected chi connectivity index (χ4v) is 4.61. The summed E-state index contributed by atoms with van der Waals surface area (Å²) in [5.74, 6) is 0. The Hall–Kier alpha value is -2.03. The van der Waals surface area contributed by atoms with Gasteiger partial charge in [0.2, 0.25) is 0 Å². The molecule has 0 fully saturated rings. The molecule has 0 saturated carbocycles. The largest absolute Gasteiger partial charge is 0.289 e. The van der Waals surface area contributed by atoms with Gasteiger partial charge in [0.1, 0.15) is 0 Å². The fourth-order valence-electron chi connectivity index (χ4n) is 2.56. The first-order valence-electron chi connectivity index (χ1n) is 7.08. The zero-order valence-electron chi connectivity index (χ0n) is 12.4. The maximum atomic E-state index is 12.9. The lowest BCUT2D eigenvalue weighted by atomic mass is 10.1. The minimum Gasteiger partial charge on any atom is -0.258 e. The molecule has 0 bridgehead atoms. The summed E-state index contributed by atoms with van der Waals surface area (Å²) in [6, 6.07) is 13.4. The van der Waals surface area contributed by atoms with Crippen molar-refractivity contribution in [2.24, 2.45) is 0 Å². The molecule has 2 aromatic rings. The van der Waals surface area contributed by atoms with Crippen LogP contribution in [0.1, 0.15) is 5.56 Å². The SMILES string of the molecule is O=[N+]([O-])c1ccc(Br)cc1S(=O)(=O)N1CC=C(c2ccccc2)C1. The van der Waals surface area contributed by atoms with Gasteiger partial charge in [-0.1, -0.05) is 52.3 Å². The molecule has 1 heterocycles. The lowest BCUT2D eigenvalue weighted by Gasteiger charge is -2.17. The summed E-state index contributed by atoms with van der Waals surface area (Å²) in [5, 5.41) is 11.2. The zero-order chi connectivity index (χ0) is 17.3. The third-order valence-electron chi connectivity index (χ3n) is 3.77. The van der Waals surface area contributed by atoms with E-state index in [1.807, 2.05) is 36.4 Å². The molecule has 0 atom stereocenters. The molecule has 0 spiro atoms. The molecule has 2 aromatic carbocycles. The van der Waals surface area contributed by atoms with Crippen LogP contribution < -0.4 is 0 Å². The molecule has 0 radical (unpaired) electrons. The quantitative estimate of drug-likeness (QED) is 0.572. The van der Waals surface area contributed by atoms with Crippen molar-refractivity contribution in [2.45, 2.75) is 4.90 Å². The van der Waals surface area contributed by atoms with Crippen LogP contribution in [0, 0.1) is 10.1 Å². The third kappa shape index (κ3) is 3.12. The van der Waals surface area contributed by atoms with Crippen molar-refractivity contribution in [3.05, 3.63) is 74.8 Å². The topological polar surface area (TPSA) is 80.5 Å². The third-order valence-corrected chi connectivity index (χ3v) is 6.10. The molecule has 24 heavy (non-hydrogen) atoms. The smallest absolute Gasteiger partial charge is 0.258 e. The maximum Gasteiger partial charge on any atom is 0.289 e. The van der Waals surface area contributed by atoms with Crippen molar-refractivity contribution < 1.29 is 13.3 Å². The normalized spacial score (nSPS) is 15.3. The van der Waals surface area contributed by atoms with Crippen molar-refractivity contribution in [3.63, 3.8) is 0 Å². The van der Waals surface area contributed by atoms with E-state index in [2.05, 4.69) is 15.9 Å².